The molecule has 2 rings (SSSR count). The highest BCUT2D eigenvalue weighted by molar-refractivity contribution is 7.15. The first kappa shape index (κ1) is 10.8. The van der Waals surface area contributed by atoms with Crippen molar-refractivity contribution < 1.29 is 0 Å². The Balaban J connectivity index is 2.27. The van der Waals surface area contributed by atoms with Crippen molar-refractivity contribution in [3.63, 3.8) is 0 Å². The lowest BCUT2D eigenvalue weighted by Crippen LogP contribution is -1.84. The molecular formula is C12H15NS2. The molecule has 15 heavy (non-hydrogen) atoms. The van der Waals surface area contributed by atoms with E-state index < -0.39 is 0 Å². The SMILES string of the molecule is CCC(C)c1cc(-c2ncc(C)s2)cs1. The molecule has 0 saturated carbocycles. The van der Waals surface area contributed by atoms with E-state index in [1.54, 1.807) is 11.3 Å². The summed E-state index contributed by atoms with van der Waals surface area (Å²) in [5.74, 6) is 0.671. The van der Waals surface area contributed by atoms with Gasteiger partial charge in [-0.15, -0.1) is 22.7 Å². The zero-order valence-electron chi connectivity index (χ0n) is 9.28. The van der Waals surface area contributed by atoms with Crippen LogP contribution in [-0.2, 0) is 0 Å². The summed E-state index contributed by atoms with van der Waals surface area (Å²) in [6.45, 7) is 6.61. The lowest BCUT2D eigenvalue weighted by Gasteiger charge is -2.02. The van der Waals surface area contributed by atoms with E-state index in [0.717, 1.165) is 5.01 Å². The van der Waals surface area contributed by atoms with Crippen LogP contribution in [0.25, 0.3) is 10.6 Å². The van der Waals surface area contributed by atoms with Crippen molar-refractivity contribution in [3.05, 3.63) is 27.4 Å². The van der Waals surface area contributed by atoms with Gasteiger partial charge in [0.1, 0.15) is 5.01 Å². The van der Waals surface area contributed by atoms with E-state index in [4.69, 9.17) is 0 Å². The van der Waals surface area contributed by atoms with Crippen molar-refractivity contribution in [3.8, 4) is 10.6 Å². The highest BCUT2D eigenvalue weighted by Gasteiger charge is 2.09. The Labute approximate surface area is 98.8 Å². The maximum absolute atomic E-state index is 4.41. The summed E-state index contributed by atoms with van der Waals surface area (Å²) >= 11 is 3.62. The third kappa shape index (κ3) is 2.29. The summed E-state index contributed by atoms with van der Waals surface area (Å²) in [7, 11) is 0. The van der Waals surface area contributed by atoms with Crippen LogP contribution in [0.3, 0.4) is 0 Å². The molecular weight excluding hydrogens is 222 g/mol. The summed E-state index contributed by atoms with van der Waals surface area (Å²) in [6, 6.07) is 2.29. The van der Waals surface area contributed by atoms with Gasteiger partial charge in [-0.05, 0) is 25.3 Å². The first-order valence-corrected chi connectivity index (χ1v) is 6.91. The molecule has 0 aromatic carbocycles. The van der Waals surface area contributed by atoms with E-state index in [2.05, 4.69) is 37.2 Å². The van der Waals surface area contributed by atoms with Crippen LogP contribution in [0.15, 0.2) is 17.6 Å². The first-order chi connectivity index (χ1) is 7.20. The number of nitrogens with zero attached hydrogens (tertiary/aromatic N) is 1. The Kier molecular flexibility index (Phi) is 3.22. The number of aromatic nitrogens is 1. The molecule has 0 spiro atoms. The minimum atomic E-state index is 0.671. The molecule has 0 saturated heterocycles. The van der Waals surface area contributed by atoms with E-state index in [-0.39, 0.29) is 0 Å². The number of aryl methyl sites for hydroxylation is 1. The largest absolute Gasteiger partial charge is 0.244 e. The normalized spacial score (nSPS) is 13.0. The van der Waals surface area contributed by atoms with Crippen LogP contribution in [0.2, 0.25) is 0 Å². The van der Waals surface area contributed by atoms with E-state index in [9.17, 15) is 0 Å². The molecule has 0 amide bonds. The molecule has 2 aromatic rings. The fourth-order valence-corrected chi connectivity index (χ4v) is 3.28. The van der Waals surface area contributed by atoms with Crippen molar-refractivity contribution in [1.29, 1.82) is 0 Å². The summed E-state index contributed by atoms with van der Waals surface area (Å²) in [6.07, 6.45) is 3.15. The maximum Gasteiger partial charge on any atom is 0.124 e. The maximum atomic E-state index is 4.41. The Morgan fingerprint density at radius 1 is 1.47 bits per heavy atom. The number of thiazole rings is 1. The van der Waals surface area contributed by atoms with Crippen LogP contribution >= 0.6 is 22.7 Å². The van der Waals surface area contributed by atoms with Crippen LogP contribution in [-0.4, -0.2) is 4.98 Å². The molecule has 0 aliphatic rings. The van der Waals surface area contributed by atoms with Crippen molar-refractivity contribution >= 4 is 22.7 Å². The molecule has 1 nitrogen and oxygen atoms in total. The third-order valence-corrected chi connectivity index (χ3v) is 4.71. The van der Waals surface area contributed by atoms with Gasteiger partial charge in [-0.2, -0.15) is 0 Å². The van der Waals surface area contributed by atoms with Crippen molar-refractivity contribution in [1.82, 2.24) is 4.98 Å². The molecule has 0 radical (unpaired) electrons. The van der Waals surface area contributed by atoms with Gasteiger partial charge in [0.15, 0.2) is 0 Å². The van der Waals surface area contributed by atoms with Gasteiger partial charge in [0.2, 0.25) is 0 Å². The molecule has 2 heterocycles. The van der Waals surface area contributed by atoms with E-state index in [1.807, 2.05) is 17.5 Å². The van der Waals surface area contributed by atoms with E-state index >= 15 is 0 Å². The van der Waals surface area contributed by atoms with Gasteiger partial charge in [-0.3, -0.25) is 0 Å². The van der Waals surface area contributed by atoms with Gasteiger partial charge in [0.05, 0.1) is 0 Å². The predicted octanol–water partition coefficient (Wildman–Crippen LogP) is 4.69. The fraction of sp³-hybridized carbons (Fsp3) is 0.417. The van der Waals surface area contributed by atoms with Gasteiger partial charge in [-0.25, -0.2) is 4.98 Å². The number of rotatable bonds is 3. The van der Waals surface area contributed by atoms with E-state index in [0.29, 0.717) is 5.92 Å². The molecule has 1 unspecified atom stereocenters. The zero-order valence-corrected chi connectivity index (χ0v) is 10.9. The monoisotopic (exact) mass is 237 g/mol. The first-order valence-electron chi connectivity index (χ1n) is 5.22. The summed E-state index contributed by atoms with van der Waals surface area (Å²) in [5, 5.41) is 3.37. The van der Waals surface area contributed by atoms with Crippen LogP contribution in [0.1, 0.15) is 35.9 Å². The molecule has 80 valence electrons. The molecule has 0 aliphatic carbocycles. The summed E-state index contributed by atoms with van der Waals surface area (Å²) in [4.78, 5) is 7.16. The Morgan fingerprint density at radius 3 is 2.87 bits per heavy atom. The fourth-order valence-electron chi connectivity index (χ4n) is 1.41. The molecule has 0 fully saturated rings. The molecule has 3 heteroatoms. The minimum Gasteiger partial charge on any atom is -0.244 e. The number of hydrogen-bond donors (Lipinski definition) is 0. The van der Waals surface area contributed by atoms with Gasteiger partial charge < -0.3 is 0 Å². The standard InChI is InChI=1S/C12H15NS2/c1-4-8(2)11-5-10(7-14-11)12-13-6-9(3)15-12/h5-8H,4H2,1-3H3. The van der Waals surface area contributed by atoms with Crippen LogP contribution in [0, 0.1) is 6.92 Å². The lowest BCUT2D eigenvalue weighted by molar-refractivity contribution is 0.748. The van der Waals surface area contributed by atoms with Crippen LogP contribution in [0.5, 0.6) is 0 Å². The molecule has 0 bridgehead atoms. The quantitative estimate of drug-likeness (QED) is 0.754. The Morgan fingerprint density at radius 2 is 2.27 bits per heavy atom. The third-order valence-electron chi connectivity index (χ3n) is 2.59. The van der Waals surface area contributed by atoms with Gasteiger partial charge in [0.25, 0.3) is 0 Å². The highest BCUT2D eigenvalue weighted by atomic mass is 32.1. The van der Waals surface area contributed by atoms with Crippen molar-refractivity contribution in [2.45, 2.75) is 33.1 Å². The second kappa shape index (κ2) is 4.45. The smallest absolute Gasteiger partial charge is 0.124 e. The molecule has 1 atom stereocenters. The van der Waals surface area contributed by atoms with Crippen LogP contribution in [0.4, 0.5) is 0 Å². The topological polar surface area (TPSA) is 12.9 Å². The second-order valence-corrected chi connectivity index (χ2v) is 6.00. The molecule has 2 aromatic heterocycles. The van der Waals surface area contributed by atoms with Gasteiger partial charge in [0, 0.05) is 26.9 Å². The van der Waals surface area contributed by atoms with E-state index in [1.165, 1.54) is 21.7 Å². The second-order valence-electron chi connectivity index (χ2n) is 3.82. The summed E-state index contributed by atoms with van der Waals surface area (Å²) < 4.78 is 0. The average Bonchev–Trinajstić information content (AvgIpc) is 2.84. The predicted molar refractivity (Wildman–Crippen MR) is 68.9 cm³/mol. The summed E-state index contributed by atoms with van der Waals surface area (Å²) in [5.41, 5.74) is 1.29. The molecule has 0 N–H and O–H groups in total. The number of thiophene rings is 1. The van der Waals surface area contributed by atoms with Gasteiger partial charge >= 0.3 is 0 Å². The van der Waals surface area contributed by atoms with Crippen molar-refractivity contribution in [2.24, 2.45) is 0 Å². The van der Waals surface area contributed by atoms with Crippen molar-refractivity contribution in [2.75, 3.05) is 0 Å². The number of hydrogen-bond acceptors (Lipinski definition) is 3. The molecule has 0 aliphatic heterocycles. The van der Waals surface area contributed by atoms with Gasteiger partial charge in [-0.1, -0.05) is 13.8 Å². The average molecular weight is 237 g/mol. The highest BCUT2D eigenvalue weighted by Crippen LogP contribution is 2.33. The lowest BCUT2D eigenvalue weighted by atomic mass is 10.1. The Bertz CT molecular complexity index is 442. The zero-order chi connectivity index (χ0) is 10.8. The Hall–Kier alpha value is -0.670. The minimum absolute atomic E-state index is 0.671. The van der Waals surface area contributed by atoms with Crippen LogP contribution < -0.4 is 0 Å².